The van der Waals surface area contributed by atoms with Crippen LogP contribution < -0.4 is 42.3 Å². The van der Waals surface area contributed by atoms with Gasteiger partial charge in [-0.15, -0.1) is 0 Å². The first-order valence-corrected chi connectivity index (χ1v) is 31.9. The Hall–Kier alpha value is -8.59. The normalized spacial score (nSPS) is 13.4. The summed E-state index contributed by atoms with van der Waals surface area (Å²) in [5.41, 5.74) is 31.2. The van der Waals surface area contributed by atoms with Crippen LogP contribution in [0.4, 0.5) is 0 Å². The van der Waals surface area contributed by atoms with E-state index in [0.717, 1.165) is 34.1 Å². The summed E-state index contributed by atoms with van der Waals surface area (Å²) in [6, 6.07) is 70.3. The summed E-state index contributed by atoms with van der Waals surface area (Å²) in [4.78, 5) is 0. The second-order valence-electron chi connectivity index (χ2n) is 27.3. The largest absolute Gasteiger partial charge is 0.458 e. The molecule has 86 heavy (non-hydrogen) atoms. The summed E-state index contributed by atoms with van der Waals surface area (Å²) in [5, 5.41) is 8.09. The van der Waals surface area contributed by atoms with Crippen molar-refractivity contribution in [2.45, 2.75) is 119 Å². The van der Waals surface area contributed by atoms with Crippen LogP contribution in [0.5, 0.6) is 23.0 Å². The van der Waals surface area contributed by atoms with Crippen molar-refractivity contribution in [2.75, 3.05) is 0 Å². The molecule has 2 nitrogen and oxygen atoms in total. The molecule has 0 saturated heterocycles. The molecule has 0 aromatic heterocycles. The highest BCUT2D eigenvalue weighted by Gasteiger charge is 2.45. The third-order valence-electron chi connectivity index (χ3n) is 20.1. The number of benzene rings is 12. The van der Waals surface area contributed by atoms with E-state index in [0.29, 0.717) is 11.8 Å². The Bertz CT molecular complexity index is 4460. The van der Waals surface area contributed by atoms with Crippen molar-refractivity contribution < 1.29 is 9.47 Å². The van der Waals surface area contributed by atoms with Crippen LogP contribution in [0.2, 0.25) is 0 Å². The molecule has 12 aromatic rings. The molecule has 4 aliphatic heterocycles. The van der Waals surface area contributed by atoms with E-state index in [2.05, 4.69) is 265 Å². The van der Waals surface area contributed by atoms with Gasteiger partial charge in [0.25, 0.3) is 13.4 Å². The van der Waals surface area contributed by atoms with Crippen molar-refractivity contribution in [2.24, 2.45) is 0 Å². The highest BCUT2D eigenvalue weighted by Crippen LogP contribution is 2.55. The summed E-state index contributed by atoms with van der Waals surface area (Å²) < 4.78 is 14.5. The molecule has 0 atom stereocenters. The lowest BCUT2D eigenvalue weighted by Gasteiger charge is -2.38. The van der Waals surface area contributed by atoms with Gasteiger partial charge < -0.3 is 9.47 Å². The van der Waals surface area contributed by atoms with Crippen molar-refractivity contribution in [3.8, 4) is 89.8 Å². The number of hydrogen-bond acceptors (Lipinski definition) is 2. The summed E-state index contributed by atoms with van der Waals surface area (Å²) in [5.74, 6) is 5.55. The lowest BCUT2D eigenvalue weighted by Crippen LogP contribution is -2.58. The first kappa shape index (κ1) is 52.9. The van der Waals surface area contributed by atoms with Crippen LogP contribution >= 0.6 is 0 Å². The van der Waals surface area contributed by atoms with Gasteiger partial charge in [-0.25, -0.2) is 0 Å². The lowest BCUT2D eigenvalue weighted by molar-refractivity contribution is 0.487. The highest BCUT2D eigenvalue weighted by atomic mass is 16.5. The van der Waals surface area contributed by atoms with E-state index in [1.165, 1.54) is 154 Å². The minimum absolute atomic E-state index is 0.0843. The molecule has 4 aliphatic rings. The zero-order valence-corrected chi connectivity index (χ0v) is 51.8. The minimum atomic E-state index is -0.0843. The number of para-hydroxylation sites is 2. The maximum Gasteiger partial charge on any atom is 0.252 e. The van der Waals surface area contributed by atoms with Gasteiger partial charge >= 0.3 is 0 Å². The molecule has 12 aromatic carbocycles. The summed E-state index contributed by atoms with van der Waals surface area (Å²) in [7, 11) is 0. The summed E-state index contributed by atoms with van der Waals surface area (Å²) in [6.45, 7) is 28.6. The van der Waals surface area contributed by atoms with Gasteiger partial charge in [0.2, 0.25) is 0 Å². The van der Waals surface area contributed by atoms with Crippen molar-refractivity contribution in [3.63, 3.8) is 0 Å². The summed E-state index contributed by atoms with van der Waals surface area (Å²) >= 11 is 0. The molecular weight excluding hydrogens is 1040 g/mol. The van der Waals surface area contributed by atoms with Crippen molar-refractivity contribution in [3.05, 3.63) is 215 Å². The number of rotatable bonds is 10. The Balaban J connectivity index is 1.19. The Morgan fingerprint density at radius 1 is 0.267 bits per heavy atom. The third-order valence-corrected chi connectivity index (χ3v) is 20.1. The van der Waals surface area contributed by atoms with Gasteiger partial charge in [-0.3, -0.25) is 0 Å². The van der Waals surface area contributed by atoms with E-state index in [9.17, 15) is 0 Å². The maximum absolute atomic E-state index is 7.27. The van der Waals surface area contributed by atoms with E-state index in [-0.39, 0.29) is 37.1 Å². The SMILES string of the molecule is CC(C)c1cc(C(C)C)c(-c2cc3c4c(cc5c(-c6c(C(C)C)cc(C(C)C)cc6C(C)C)cc6c7c(cc2c4c57)B2c4ccccc4Oc4cc(-c5ccccc5)cc-6c42)B2c4ccccc4Oc4cc(-c5ccccc5)cc-3c42)c(C(C)C)c1. The zero-order chi connectivity index (χ0) is 58.9. The molecule has 0 fully saturated rings. The van der Waals surface area contributed by atoms with Gasteiger partial charge in [-0.1, -0.05) is 227 Å². The quantitative estimate of drug-likeness (QED) is 0.100. The molecule has 16 rings (SSSR count). The first-order valence-electron chi connectivity index (χ1n) is 31.9. The van der Waals surface area contributed by atoms with Crippen LogP contribution in [0, 0.1) is 0 Å². The van der Waals surface area contributed by atoms with Gasteiger partial charge in [-0.2, -0.15) is 0 Å². The third kappa shape index (κ3) is 7.66. The molecule has 0 amide bonds. The molecule has 0 saturated carbocycles. The van der Waals surface area contributed by atoms with Crippen LogP contribution in [0.3, 0.4) is 0 Å². The molecule has 0 aliphatic carbocycles. The monoisotopic (exact) mass is 1110 g/mol. The molecule has 0 radical (unpaired) electrons. The van der Waals surface area contributed by atoms with Gasteiger partial charge in [0.15, 0.2) is 0 Å². The maximum atomic E-state index is 7.27. The highest BCUT2D eigenvalue weighted by molar-refractivity contribution is 7.01. The van der Waals surface area contributed by atoms with Crippen LogP contribution in [0.1, 0.15) is 152 Å². The predicted octanol–water partition coefficient (Wildman–Crippen LogP) is 19.2. The molecular formula is C82H72B2O2. The Morgan fingerprint density at radius 2 is 0.616 bits per heavy atom. The van der Waals surface area contributed by atoms with Gasteiger partial charge in [0, 0.05) is 0 Å². The fraction of sp³-hybridized carbons (Fsp3) is 0.220. The standard InChI is InChI=1S/C82H72B2O2/c1-43(2)51-31-55(45(5)6)75(56(32-51)46(7)8)59-39-61-65-35-53(49-23-15-13-16-24-49)37-73-81(65)84(68-28-20-22-30-72(68)85-73)70-42-64-60(76-57(47(9)10)33-52(44(3)4)34-58(76)48(11)12)40-62-66-36-54(50-25-17-14-18-26-50)38-74-82(66)83(67-27-19-21-29-71(67)86-74)69-41-63(59)79(77(61)70)80(64)78(62)69/h13-48H,1-12H3. The fourth-order valence-electron chi connectivity index (χ4n) is 16.0. The molecule has 0 N–H and O–H groups in total. The smallest absolute Gasteiger partial charge is 0.252 e. The number of ether oxygens (including phenoxy) is 2. The zero-order valence-electron chi connectivity index (χ0n) is 51.8. The fourth-order valence-corrected chi connectivity index (χ4v) is 16.0. The van der Waals surface area contributed by atoms with Crippen molar-refractivity contribution >= 4 is 78.5 Å². The van der Waals surface area contributed by atoms with Crippen molar-refractivity contribution in [1.82, 2.24) is 0 Å². The second kappa shape index (κ2) is 19.5. The van der Waals surface area contributed by atoms with Crippen LogP contribution in [0.25, 0.3) is 99.1 Å². The van der Waals surface area contributed by atoms with Crippen LogP contribution in [0.15, 0.2) is 182 Å². The average molecular weight is 1110 g/mol. The van der Waals surface area contributed by atoms with Crippen LogP contribution in [-0.2, 0) is 0 Å². The Kier molecular flexibility index (Phi) is 12.0. The topological polar surface area (TPSA) is 18.5 Å². The molecule has 0 spiro atoms. The second-order valence-corrected chi connectivity index (χ2v) is 27.3. The van der Waals surface area contributed by atoms with E-state index in [1.807, 2.05) is 0 Å². The van der Waals surface area contributed by atoms with Gasteiger partial charge in [-0.05, 0) is 238 Å². The Labute approximate surface area is 508 Å². The predicted molar refractivity (Wildman–Crippen MR) is 370 cm³/mol. The molecule has 4 heterocycles. The Morgan fingerprint density at radius 3 is 0.965 bits per heavy atom. The van der Waals surface area contributed by atoms with E-state index in [4.69, 9.17) is 9.47 Å². The molecule has 0 bridgehead atoms. The number of fused-ring (bicyclic) bond motifs is 8. The van der Waals surface area contributed by atoms with E-state index >= 15 is 0 Å². The minimum Gasteiger partial charge on any atom is -0.458 e. The molecule has 4 heteroatoms. The average Bonchev–Trinajstić information content (AvgIpc) is 0.672. The van der Waals surface area contributed by atoms with Gasteiger partial charge in [0.1, 0.15) is 23.0 Å². The van der Waals surface area contributed by atoms with E-state index in [1.54, 1.807) is 0 Å². The molecule has 0 unspecified atom stereocenters. The van der Waals surface area contributed by atoms with Gasteiger partial charge in [0.05, 0.1) is 0 Å². The van der Waals surface area contributed by atoms with E-state index < -0.39 is 0 Å². The number of hydrogen-bond donors (Lipinski definition) is 0. The molecule has 418 valence electrons. The summed E-state index contributed by atoms with van der Waals surface area (Å²) in [6.07, 6.45) is 0. The first-order chi connectivity index (χ1) is 41.6. The van der Waals surface area contributed by atoms with Crippen LogP contribution in [-0.4, -0.2) is 13.4 Å². The lowest BCUT2D eigenvalue weighted by atomic mass is 9.31. The van der Waals surface area contributed by atoms with Crippen molar-refractivity contribution in [1.29, 1.82) is 0 Å².